The monoisotopic (exact) mass is 597 g/mol. The summed E-state index contributed by atoms with van der Waals surface area (Å²) < 4.78 is 10.4. The van der Waals surface area contributed by atoms with E-state index in [2.05, 4.69) is 5.32 Å². The highest BCUT2D eigenvalue weighted by molar-refractivity contribution is 6.10. The summed E-state index contributed by atoms with van der Waals surface area (Å²) >= 11 is 0. The number of methoxy groups -OCH3 is 1. The normalized spacial score (nSPS) is 21.8. The van der Waals surface area contributed by atoms with Crippen molar-refractivity contribution in [2.75, 3.05) is 19.0 Å². The highest BCUT2D eigenvalue weighted by atomic mass is 16.6. The van der Waals surface area contributed by atoms with Crippen molar-refractivity contribution in [3.63, 3.8) is 0 Å². The molecule has 7 rings (SSSR count). The van der Waals surface area contributed by atoms with Crippen molar-refractivity contribution in [1.82, 2.24) is 4.90 Å². The number of nitrogens with one attached hydrogen (secondary N) is 1. The van der Waals surface area contributed by atoms with E-state index in [1.807, 2.05) is 62.4 Å². The number of nitro benzene ring substituents is 1. The SMILES string of the molecule is COc1ccc([N+](=O)[O-])c(NC(=O)COC(=O)[C@H](CC(C)C)N2C(=O)[C@@H]3C4c5ccccc5C(c5ccccc54)[C@H]3C2=O)c1. The zero-order chi connectivity index (χ0) is 31.3. The van der Waals surface area contributed by atoms with Crippen LogP contribution in [0.25, 0.3) is 0 Å². The van der Waals surface area contributed by atoms with Gasteiger partial charge in [0.15, 0.2) is 6.61 Å². The molecule has 4 aliphatic rings. The lowest BCUT2D eigenvalue weighted by Crippen LogP contribution is -2.47. The van der Waals surface area contributed by atoms with Gasteiger partial charge in [-0.2, -0.15) is 0 Å². The summed E-state index contributed by atoms with van der Waals surface area (Å²) in [4.78, 5) is 66.5. The molecule has 3 amide bonds. The number of likely N-dealkylation sites (tertiary alicyclic amines) is 1. The molecule has 0 spiro atoms. The lowest BCUT2D eigenvalue weighted by Gasteiger charge is -2.45. The molecule has 3 atom stereocenters. The Bertz CT molecular complexity index is 1590. The fourth-order valence-corrected chi connectivity index (χ4v) is 7.08. The van der Waals surface area contributed by atoms with Gasteiger partial charge in [-0.1, -0.05) is 62.4 Å². The molecule has 0 saturated carbocycles. The Morgan fingerprint density at radius 2 is 1.43 bits per heavy atom. The maximum absolute atomic E-state index is 14.2. The molecule has 3 aromatic rings. The van der Waals surface area contributed by atoms with Crippen molar-refractivity contribution in [1.29, 1.82) is 0 Å². The first-order valence-corrected chi connectivity index (χ1v) is 14.5. The van der Waals surface area contributed by atoms with Gasteiger partial charge in [0, 0.05) is 24.0 Å². The molecule has 1 heterocycles. The molecular formula is C33H31N3O8. The van der Waals surface area contributed by atoms with Gasteiger partial charge >= 0.3 is 5.97 Å². The number of esters is 1. The van der Waals surface area contributed by atoms with Crippen molar-refractivity contribution >= 4 is 35.1 Å². The Morgan fingerprint density at radius 3 is 1.89 bits per heavy atom. The van der Waals surface area contributed by atoms with Gasteiger partial charge in [0.05, 0.1) is 23.9 Å². The van der Waals surface area contributed by atoms with Gasteiger partial charge in [0.2, 0.25) is 11.8 Å². The van der Waals surface area contributed by atoms with Crippen LogP contribution in [0, 0.1) is 27.9 Å². The van der Waals surface area contributed by atoms with Gasteiger partial charge in [0.1, 0.15) is 17.5 Å². The van der Waals surface area contributed by atoms with Crippen LogP contribution in [-0.2, 0) is 23.9 Å². The van der Waals surface area contributed by atoms with Crippen molar-refractivity contribution in [2.24, 2.45) is 17.8 Å². The minimum absolute atomic E-state index is 0.0878. The third kappa shape index (κ3) is 4.68. The topological polar surface area (TPSA) is 145 Å². The van der Waals surface area contributed by atoms with E-state index in [4.69, 9.17) is 9.47 Å². The standard InChI is InChI=1S/C33H31N3O8/c1-17(2)14-25(33(40)44-16-26(37)34-23-15-18(43-3)12-13-24(23)36(41)42)35-31(38)29-27-19-8-4-5-9-20(19)28(30(29)32(35)39)22-11-7-6-10-21(22)27/h4-13,15,17,25,27-30H,14,16H2,1-3H3,(H,34,37)/t25-,27?,28?,29+,30+/m0/s1. The Morgan fingerprint density at radius 1 is 0.909 bits per heavy atom. The number of nitro groups is 1. The first-order chi connectivity index (χ1) is 21.1. The summed E-state index contributed by atoms with van der Waals surface area (Å²) in [5.41, 5.74) is 3.59. The number of carbonyl (C=O) groups is 4. The van der Waals surface area contributed by atoms with E-state index in [9.17, 15) is 29.3 Å². The average molecular weight is 598 g/mol. The van der Waals surface area contributed by atoms with Crippen LogP contribution in [0.1, 0.15) is 54.4 Å². The fraction of sp³-hybridized carbons (Fsp3) is 0.333. The second-order valence-corrected chi connectivity index (χ2v) is 11.8. The fourth-order valence-electron chi connectivity index (χ4n) is 7.08. The first-order valence-electron chi connectivity index (χ1n) is 14.5. The molecule has 11 heteroatoms. The van der Waals surface area contributed by atoms with Crippen LogP contribution in [0.15, 0.2) is 66.7 Å². The van der Waals surface area contributed by atoms with E-state index >= 15 is 0 Å². The van der Waals surface area contributed by atoms with Gasteiger partial charge in [-0.15, -0.1) is 0 Å². The molecule has 1 N–H and O–H groups in total. The minimum Gasteiger partial charge on any atom is -0.497 e. The van der Waals surface area contributed by atoms with E-state index in [0.717, 1.165) is 27.2 Å². The molecule has 0 unspecified atom stereocenters. The zero-order valence-electron chi connectivity index (χ0n) is 24.4. The zero-order valence-corrected chi connectivity index (χ0v) is 24.4. The molecule has 1 fully saturated rings. The lowest BCUT2D eigenvalue weighted by atomic mass is 9.55. The summed E-state index contributed by atoms with van der Waals surface area (Å²) in [6.45, 7) is 2.96. The van der Waals surface area contributed by atoms with E-state index in [-0.39, 0.29) is 41.3 Å². The Labute approximate surface area is 253 Å². The number of ether oxygens (including phenoxy) is 2. The Balaban J connectivity index is 1.25. The lowest BCUT2D eigenvalue weighted by molar-refractivity contribution is -0.383. The predicted molar refractivity (Wildman–Crippen MR) is 158 cm³/mol. The van der Waals surface area contributed by atoms with Crippen molar-refractivity contribution in [3.8, 4) is 5.75 Å². The minimum atomic E-state index is -1.23. The molecule has 3 aliphatic carbocycles. The van der Waals surface area contributed by atoms with Crippen LogP contribution < -0.4 is 10.1 Å². The highest BCUT2D eigenvalue weighted by Crippen LogP contribution is 2.61. The summed E-state index contributed by atoms with van der Waals surface area (Å²) in [6.07, 6.45) is 0.147. The third-order valence-electron chi connectivity index (χ3n) is 8.78. The van der Waals surface area contributed by atoms with E-state index in [1.54, 1.807) is 0 Å². The summed E-state index contributed by atoms with van der Waals surface area (Å²) in [6, 6.07) is 18.4. The van der Waals surface area contributed by atoms with Gasteiger partial charge in [-0.3, -0.25) is 29.4 Å². The van der Waals surface area contributed by atoms with Crippen LogP contribution in [0.3, 0.4) is 0 Å². The average Bonchev–Trinajstić information content (AvgIpc) is 3.28. The van der Waals surface area contributed by atoms with Crippen LogP contribution in [-0.4, -0.2) is 53.3 Å². The quantitative estimate of drug-likeness (QED) is 0.165. The number of amides is 3. The summed E-state index contributed by atoms with van der Waals surface area (Å²) in [7, 11) is 1.38. The van der Waals surface area contributed by atoms with Crippen LogP contribution in [0.5, 0.6) is 5.75 Å². The Hall–Kier alpha value is -5.06. The van der Waals surface area contributed by atoms with Gasteiger partial charge in [-0.25, -0.2) is 4.79 Å². The van der Waals surface area contributed by atoms with Crippen molar-refractivity contribution in [3.05, 3.63) is 99.1 Å². The van der Waals surface area contributed by atoms with E-state index < -0.39 is 53.1 Å². The van der Waals surface area contributed by atoms with Crippen molar-refractivity contribution in [2.45, 2.75) is 38.1 Å². The molecule has 3 aromatic carbocycles. The summed E-state index contributed by atoms with van der Waals surface area (Å²) in [5, 5.41) is 13.8. The second kappa shape index (κ2) is 11.2. The summed E-state index contributed by atoms with van der Waals surface area (Å²) in [5.74, 6) is -4.31. The molecule has 226 valence electrons. The molecule has 0 aromatic heterocycles. The van der Waals surface area contributed by atoms with Crippen LogP contribution in [0.2, 0.25) is 0 Å². The van der Waals surface area contributed by atoms with Gasteiger partial charge in [0.25, 0.3) is 11.6 Å². The number of benzene rings is 3. The predicted octanol–water partition coefficient (Wildman–Crippen LogP) is 4.39. The first kappa shape index (κ1) is 29.0. The molecule has 44 heavy (non-hydrogen) atoms. The maximum Gasteiger partial charge on any atom is 0.329 e. The van der Waals surface area contributed by atoms with E-state index in [0.29, 0.717) is 0 Å². The molecule has 2 bridgehead atoms. The Kier molecular flexibility index (Phi) is 7.40. The smallest absolute Gasteiger partial charge is 0.329 e. The van der Waals surface area contributed by atoms with Crippen LogP contribution in [0.4, 0.5) is 11.4 Å². The third-order valence-corrected chi connectivity index (χ3v) is 8.78. The number of imide groups is 1. The van der Waals surface area contributed by atoms with Gasteiger partial charge in [-0.05, 0) is 40.7 Å². The number of hydrogen-bond acceptors (Lipinski definition) is 8. The second-order valence-electron chi connectivity index (χ2n) is 11.8. The van der Waals surface area contributed by atoms with Crippen LogP contribution >= 0.6 is 0 Å². The number of nitrogens with zero attached hydrogens (tertiary/aromatic N) is 2. The number of rotatable bonds is 9. The van der Waals surface area contributed by atoms with Gasteiger partial charge < -0.3 is 14.8 Å². The maximum atomic E-state index is 14.2. The molecule has 0 radical (unpaired) electrons. The molecule has 11 nitrogen and oxygen atoms in total. The molecule has 1 aliphatic heterocycles. The molecular weight excluding hydrogens is 566 g/mol. The number of carbonyl (C=O) groups excluding carboxylic acids is 4. The highest BCUT2D eigenvalue weighted by Gasteiger charge is 2.63. The molecule has 1 saturated heterocycles. The number of hydrogen-bond donors (Lipinski definition) is 1. The van der Waals surface area contributed by atoms with Crippen molar-refractivity contribution < 1.29 is 33.6 Å². The van der Waals surface area contributed by atoms with E-state index in [1.165, 1.54) is 25.3 Å². The number of anilines is 1. The largest absolute Gasteiger partial charge is 0.497 e.